The minimum Gasteiger partial charge on any atom is -0.493 e. The Morgan fingerprint density at radius 2 is 2.21 bits per heavy atom. The fourth-order valence-electron chi connectivity index (χ4n) is 2.49. The first-order valence-electron chi connectivity index (χ1n) is 5.99. The molecule has 0 radical (unpaired) electrons. The fraction of sp³-hybridized carbons (Fsp3) is 0.214. The largest absolute Gasteiger partial charge is 0.493 e. The highest BCUT2D eigenvalue weighted by molar-refractivity contribution is 9.10. The van der Waals surface area contributed by atoms with Crippen molar-refractivity contribution in [1.29, 1.82) is 0 Å². The van der Waals surface area contributed by atoms with Crippen molar-refractivity contribution in [1.82, 2.24) is 4.57 Å². The van der Waals surface area contributed by atoms with Crippen LogP contribution in [0.2, 0.25) is 0 Å². The molecule has 1 aliphatic heterocycles. The number of rotatable bonds is 2. The highest BCUT2D eigenvalue weighted by Crippen LogP contribution is 2.36. The zero-order valence-corrected chi connectivity index (χ0v) is 11.6. The SMILES string of the molecule is O=C(O)c1cc(Br)cn1C1CCOc2ccccc21. The van der Waals surface area contributed by atoms with Gasteiger partial charge in [-0.2, -0.15) is 0 Å². The molecule has 98 valence electrons. The Balaban J connectivity index is 2.11. The Morgan fingerprint density at radius 1 is 1.42 bits per heavy atom. The summed E-state index contributed by atoms with van der Waals surface area (Å²) in [6.07, 6.45) is 2.58. The van der Waals surface area contributed by atoms with Crippen molar-refractivity contribution in [2.75, 3.05) is 6.61 Å². The number of hydrogen-bond acceptors (Lipinski definition) is 2. The average molecular weight is 322 g/mol. The van der Waals surface area contributed by atoms with Gasteiger partial charge in [0.05, 0.1) is 12.6 Å². The van der Waals surface area contributed by atoms with Gasteiger partial charge >= 0.3 is 5.97 Å². The summed E-state index contributed by atoms with van der Waals surface area (Å²) < 4.78 is 8.18. The number of carbonyl (C=O) groups is 1. The maximum atomic E-state index is 11.3. The number of carboxylic acids is 1. The van der Waals surface area contributed by atoms with Gasteiger partial charge in [0, 0.05) is 22.7 Å². The molecule has 4 nitrogen and oxygen atoms in total. The number of aromatic carboxylic acids is 1. The van der Waals surface area contributed by atoms with Crippen LogP contribution in [0.3, 0.4) is 0 Å². The van der Waals surface area contributed by atoms with Crippen LogP contribution in [-0.4, -0.2) is 22.2 Å². The molecule has 1 aromatic carbocycles. The van der Waals surface area contributed by atoms with E-state index < -0.39 is 5.97 Å². The summed E-state index contributed by atoms with van der Waals surface area (Å²) in [6, 6.07) is 9.40. The molecule has 1 N–H and O–H groups in total. The highest BCUT2D eigenvalue weighted by Gasteiger charge is 2.26. The van der Waals surface area contributed by atoms with E-state index in [1.165, 1.54) is 0 Å². The maximum absolute atomic E-state index is 11.3. The maximum Gasteiger partial charge on any atom is 0.352 e. The third-order valence-corrected chi connectivity index (χ3v) is 3.73. The minimum absolute atomic E-state index is 0.00218. The zero-order valence-electron chi connectivity index (χ0n) is 10.0. The van der Waals surface area contributed by atoms with E-state index in [0.29, 0.717) is 6.61 Å². The molecule has 0 bridgehead atoms. The quantitative estimate of drug-likeness (QED) is 0.923. The highest BCUT2D eigenvalue weighted by atomic mass is 79.9. The zero-order chi connectivity index (χ0) is 13.4. The normalized spacial score (nSPS) is 17.6. The van der Waals surface area contributed by atoms with E-state index in [4.69, 9.17) is 4.74 Å². The second-order valence-electron chi connectivity index (χ2n) is 4.45. The molecule has 0 spiro atoms. The fourth-order valence-corrected chi connectivity index (χ4v) is 2.92. The van der Waals surface area contributed by atoms with Gasteiger partial charge in [0.1, 0.15) is 11.4 Å². The van der Waals surface area contributed by atoms with Crippen LogP contribution in [0.25, 0.3) is 0 Å². The molecule has 1 atom stereocenters. The van der Waals surface area contributed by atoms with Gasteiger partial charge in [-0.25, -0.2) is 4.79 Å². The number of hydrogen-bond donors (Lipinski definition) is 1. The topological polar surface area (TPSA) is 51.5 Å². The third kappa shape index (κ3) is 2.14. The van der Waals surface area contributed by atoms with Crippen LogP contribution in [0.1, 0.15) is 28.5 Å². The van der Waals surface area contributed by atoms with Gasteiger partial charge in [0.25, 0.3) is 0 Å². The second kappa shape index (κ2) is 4.74. The first kappa shape index (κ1) is 12.3. The number of carboxylic acid groups (broad SMARTS) is 1. The molecule has 1 aromatic heterocycles. The summed E-state index contributed by atoms with van der Waals surface area (Å²) in [7, 11) is 0. The first-order valence-corrected chi connectivity index (χ1v) is 6.78. The Morgan fingerprint density at radius 3 is 3.00 bits per heavy atom. The number of para-hydroxylation sites is 1. The molecular formula is C14H12BrNO3. The van der Waals surface area contributed by atoms with Gasteiger partial charge in [-0.15, -0.1) is 0 Å². The lowest BCUT2D eigenvalue weighted by molar-refractivity contribution is 0.0682. The van der Waals surface area contributed by atoms with Crippen LogP contribution in [0.5, 0.6) is 5.75 Å². The lowest BCUT2D eigenvalue weighted by Gasteiger charge is -2.27. The van der Waals surface area contributed by atoms with Crippen LogP contribution in [0.15, 0.2) is 41.0 Å². The molecule has 0 aliphatic carbocycles. The summed E-state index contributed by atoms with van der Waals surface area (Å²) in [4.78, 5) is 11.3. The Kier molecular flexibility index (Phi) is 3.06. The number of benzene rings is 1. The number of nitrogens with zero attached hydrogens (tertiary/aromatic N) is 1. The van der Waals surface area contributed by atoms with Gasteiger partial charge < -0.3 is 14.4 Å². The van der Waals surface area contributed by atoms with Crippen molar-refractivity contribution < 1.29 is 14.6 Å². The van der Waals surface area contributed by atoms with Gasteiger partial charge in [-0.1, -0.05) is 18.2 Å². The molecule has 0 saturated heterocycles. The number of ether oxygens (including phenoxy) is 1. The molecule has 2 aromatic rings. The standard InChI is InChI=1S/C14H12BrNO3/c15-9-7-12(14(17)18)16(8-9)11-5-6-19-13-4-2-1-3-10(11)13/h1-4,7-8,11H,5-6H2,(H,17,18). The van der Waals surface area contributed by atoms with Crippen molar-refractivity contribution in [3.05, 3.63) is 52.3 Å². The number of halogens is 1. The lowest BCUT2D eigenvalue weighted by atomic mass is 10.0. The summed E-state index contributed by atoms with van der Waals surface area (Å²) >= 11 is 3.34. The van der Waals surface area contributed by atoms with Gasteiger partial charge in [-0.3, -0.25) is 0 Å². The van der Waals surface area contributed by atoms with Crippen molar-refractivity contribution in [3.8, 4) is 5.75 Å². The molecule has 5 heteroatoms. The average Bonchev–Trinajstić information content (AvgIpc) is 2.80. The van der Waals surface area contributed by atoms with Crippen molar-refractivity contribution in [2.24, 2.45) is 0 Å². The lowest BCUT2D eigenvalue weighted by Crippen LogP contribution is -2.22. The van der Waals surface area contributed by atoms with Crippen LogP contribution < -0.4 is 4.74 Å². The van der Waals surface area contributed by atoms with E-state index >= 15 is 0 Å². The van der Waals surface area contributed by atoms with E-state index in [0.717, 1.165) is 22.2 Å². The molecular weight excluding hydrogens is 310 g/mol. The van der Waals surface area contributed by atoms with Crippen molar-refractivity contribution in [3.63, 3.8) is 0 Å². The minimum atomic E-state index is -0.922. The van der Waals surface area contributed by atoms with Gasteiger partial charge in [-0.05, 0) is 28.1 Å². The van der Waals surface area contributed by atoms with Crippen LogP contribution in [-0.2, 0) is 0 Å². The van der Waals surface area contributed by atoms with E-state index in [1.807, 2.05) is 30.5 Å². The second-order valence-corrected chi connectivity index (χ2v) is 5.36. The Labute approximate surface area is 118 Å². The van der Waals surface area contributed by atoms with E-state index in [1.54, 1.807) is 10.6 Å². The van der Waals surface area contributed by atoms with Gasteiger partial charge in [0.15, 0.2) is 0 Å². The molecule has 0 fully saturated rings. The Bertz CT molecular complexity index is 635. The third-order valence-electron chi connectivity index (χ3n) is 3.30. The summed E-state index contributed by atoms with van der Waals surface area (Å²) in [6.45, 7) is 0.594. The predicted octanol–water partition coefficient (Wildman–Crippen LogP) is 3.32. The van der Waals surface area contributed by atoms with E-state index in [9.17, 15) is 9.90 Å². The van der Waals surface area contributed by atoms with Crippen molar-refractivity contribution in [2.45, 2.75) is 12.5 Å². The molecule has 0 saturated carbocycles. The van der Waals surface area contributed by atoms with Crippen LogP contribution >= 0.6 is 15.9 Å². The summed E-state index contributed by atoms with van der Waals surface area (Å²) in [5.74, 6) is -0.0883. The number of aromatic nitrogens is 1. The molecule has 0 amide bonds. The molecule has 19 heavy (non-hydrogen) atoms. The summed E-state index contributed by atoms with van der Waals surface area (Å²) in [5.41, 5.74) is 1.31. The smallest absolute Gasteiger partial charge is 0.352 e. The number of fused-ring (bicyclic) bond motifs is 1. The molecule has 1 aliphatic rings. The van der Waals surface area contributed by atoms with E-state index in [-0.39, 0.29) is 11.7 Å². The summed E-state index contributed by atoms with van der Waals surface area (Å²) in [5, 5.41) is 9.28. The van der Waals surface area contributed by atoms with Crippen LogP contribution in [0.4, 0.5) is 0 Å². The molecule has 1 unspecified atom stereocenters. The van der Waals surface area contributed by atoms with Crippen LogP contribution in [0, 0.1) is 0 Å². The van der Waals surface area contributed by atoms with Crippen molar-refractivity contribution >= 4 is 21.9 Å². The Hall–Kier alpha value is -1.75. The monoisotopic (exact) mass is 321 g/mol. The molecule has 2 heterocycles. The van der Waals surface area contributed by atoms with Gasteiger partial charge in [0.2, 0.25) is 0 Å². The van der Waals surface area contributed by atoms with E-state index in [2.05, 4.69) is 15.9 Å². The first-order chi connectivity index (χ1) is 9.16. The molecule has 3 rings (SSSR count). The predicted molar refractivity (Wildman–Crippen MR) is 73.8 cm³/mol.